The third-order valence-corrected chi connectivity index (χ3v) is 2.21. The van der Waals surface area contributed by atoms with Gasteiger partial charge in [0.15, 0.2) is 0 Å². The zero-order valence-corrected chi connectivity index (χ0v) is 6.99. The average molecular weight is 163 g/mol. The number of hydrogen-bond donors (Lipinski definition) is 1. The van der Waals surface area contributed by atoms with E-state index in [0.717, 1.165) is 31.2 Å². The van der Waals surface area contributed by atoms with E-state index in [-0.39, 0.29) is 0 Å². The molecule has 1 aliphatic heterocycles. The van der Waals surface area contributed by atoms with E-state index in [2.05, 4.69) is 12.1 Å². The lowest BCUT2D eigenvalue weighted by atomic mass is 9.98. The van der Waals surface area contributed by atoms with Gasteiger partial charge in [0.25, 0.3) is 0 Å². The Kier molecular flexibility index (Phi) is 2.00. The summed E-state index contributed by atoms with van der Waals surface area (Å²) in [4.78, 5) is 0. The molecule has 1 saturated heterocycles. The lowest BCUT2D eigenvalue weighted by Crippen LogP contribution is -2.29. The molecule has 12 heavy (non-hydrogen) atoms. The first-order valence-corrected chi connectivity index (χ1v) is 4.27. The van der Waals surface area contributed by atoms with Crippen molar-refractivity contribution in [2.75, 3.05) is 18.9 Å². The minimum absolute atomic E-state index is 0.730. The van der Waals surface area contributed by atoms with Crippen molar-refractivity contribution in [1.29, 1.82) is 0 Å². The Labute approximate surface area is 72.3 Å². The molecular formula is C10H13NO. The molecule has 1 heterocycles. The molecule has 0 saturated carbocycles. The molecular weight excluding hydrogens is 150 g/mol. The van der Waals surface area contributed by atoms with Crippen LogP contribution in [0, 0.1) is 5.92 Å². The van der Waals surface area contributed by atoms with Crippen LogP contribution in [0.1, 0.15) is 5.56 Å². The maximum atomic E-state index is 5.58. The Bertz CT molecular complexity index is 251. The van der Waals surface area contributed by atoms with Gasteiger partial charge in [-0.25, -0.2) is 0 Å². The van der Waals surface area contributed by atoms with Crippen molar-refractivity contribution in [3.8, 4) is 0 Å². The van der Waals surface area contributed by atoms with Crippen LogP contribution in [-0.4, -0.2) is 13.2 Å². The molecule has 2 rings (SSSR count). The summed E-state index contributed by atoms with van der Waals surface area (Å²) in [5.41, 5.74) is 7.77. The second kappa shape index (κ2) is 3.15. The molecule has 1 fully saturated rings. The highest BCUT2D eigenvalue weighted by Gasteiger charge is 2.18. The van der Waals surface area contributed by atoms with Crippen LogP contribution in [0.15, 0.2) is 24.3 Å². The third-order valence-electron chi connectivity index (χ3n) is 2.21. The lowest BCUT2D eigenvalue weighted by Gasteiger charge is -2.25. The van der Waals surface area contributed by atoms with Crippen LogP contribution in [0.25, 0.3) is 0 Å². The van der Waals surface area contributed by atoms with E-state index >= 15 is 0 Å². The molecule has 1 aromatic carbocycles. The van der Waals surface area contributed by atoms with E-state index in [1.54, 1.807) is 0 Å². The van der Waals surface area contributed by atoms with Crippen molar-refractivity contribution in [3.63, 3.8) is 0 Å². The van der Waals surface area contributed by atoms with Crippen LogP contribution in [0.5, 0.6) is 0 Å². The molecule has 0 spiro atoms. The SMILES string of the molecule is Nc1ccc(CC2COC2)cc1. The summed E-state index contributed by atoms with van der Waals surface area (Å²) in [6.07, 6.45) is 1.13. The summed E-state index contributed by atoms with van der Waals surface area (Å²) in [6, 6.07) is 8.09. The Morgan fingerprint density at radius 1 is 1.25 bits per heavy atom. The predicted molar refractivity (Wildman–Crippen MR) is 48.9 cm³/mol. The molecule has 2 heteroatoms. The third kappa shape index (κ3) is 1.59. The number of anilines is 1. The fourth-order valence-electron chi connectivity index (χ4n) is 1.39. The van der Waals surface area contributed by atoms with Gasteiger partial charge >= 0.3 is 0 Å². The molecule has 0 unspecified atom stereocenters. The van der Waals surface area contributed by atoms with Crippen molar-refractivity contribution in [2.45, 2.75) is 6.42 Å². The highest BCUT2D eigenvalue weighted by Crippen LogP contribution is 2.17. The molecule has 1 aliphatic rings. The van der Waals surface area contributed by atoms with Crippen LogP contribution >= 0.6 is 0 Å². The van der Waals surface area contributed by atoms with Gasteiger partial charge in [0.05, 0.1) is 13.2 Å². The van der Waals surface area contributed by atoms with Gasteiger partial charge in [0, 0.05) is 11.6 Å². The van der Waals surface area contributed by atoms with E-state index < -0.39 is 0 Å². The molecule has 0 aromatic heterocycles. The maximum absolute atomic E-state index is 5.58. The minimum atomic E-state index is 0.730. The van der Waals surface area contributed by atoms with Gasteiger partial charge < -0.3 is 10.5 Å². The molecule has 64 valence electrons. The molecule has 0 radical (unpaired) electrons. The largest absolute Gasteiger partial charge is 0.399 e. The molecule has 0 atom stereocenters. The fraction of sp³-hybridized carbons (Fsp3) is 0.400. The summed E-state index contributed by atoms with van der Waals surface area (Å²) in [5.74, 6) is 0.730. The van der Waals surface area contributed by atoms with Crippen LogP contribution in [0.2, 0.25) is 0 Å². The van der Waals surface area contributed by atoms with Gasteiger partial charge in [-0.15, -0.1) is 0 Å². The van der Waals surface area contributed by atoms with Crippen molar-refractivity contribution in [2.24, 2.45) is 5.92 Å². The highest BCUT2D eigenvalue weighted by molar-refractivity contribution is 5.39. The van der Waals surface area contributed by atoms with Gasteiger partial charge in [0.2, 0.25) is 0 Å². The Hall–Kier alpha value is -1.02. The van der Waals surface area contributed by atoms with Crippen molar-refractivity contribution >= 4 is 5.69 Å². The van der Waals surface area contributed by atoms with Gasteiger partial charge in [-0.3, -0.25) is 0 Å². The molecule has 2 nitrogen and oxygen atoms in total. The number of benzene rings is 1. The maximum Gasteiger partial charge on any atom is 0.0519 e. The van der Waals surface area contributed by atoms with Crippen molar-refractivity contribution in [1.82, 2.24) is 0 Å². The van der Waals surface area contributed by atoms with Crippen LogP contribution in [0.3, 0.4) is 0 Å². The van der Waals surface area contributed by atoms with E-state index in [0.29, 0.717) is 0 Å². The van der Waals surface area contributed by atoms with Crippen LogP contribution in [-0.2, 0) is 11.2 Å². The summed E-state index contributed by atoms with van der Waals surface area (Å²) in [7, 11) is 0. The van der Waals surface area contributed by atoms with Gasteiger partial charge in [-0.2, -0.15) is 0 Å². The molecule has 0 amide bonds. The Balaban J connectivity index is 1.98. The van der Waals surface area contributed by atoms with Crippen molar-refractivity contribution < 1.29 is 4.74 Å². The highest BCUT2D eigenvalue weighted by atomic mass is 16.5. The Morgan fingerprint density at radius 2 is 1.92 bits per heavy atom. The summed E-state index contributed by atoms with van der Waals surface area (Å²) in [5, 5.41) is 0. The first-order chi connectivity index (χ1) is 5.84. The standard InChI is InChI=1S/C10H13NO/c11-10-3-1-8(2-4-10)5-9-6-12-7-9/h1-4,9H,5-7,11H2. The first kappa shape index (κ1) is 7.62. The van der Waals surface area contributed by atoms with E-state index in [1.807, 2.05) is 12.1 Å². The van der Waals surface area contributed by atoms with Crippen LogP contribution in [0.4, 0.5) is 5.69 Å². The van der Waals surface area contributed by atoms with Gasteiger partial charge in [-0.1, -0.05) is 12.1 Å². The topological polar surface area (TPSA) is 35.2 Å². The summed E-state index contributed by atoms with van der Waals surface area (Å²) >= 11 is 0. The van der Waals surface area contributed by atoms with E-state index in [1.165, 1.54) is 5.56 Å². The number of rotatable bonds is 2. The average Bonchev–Trinajstić information content (AvgIpc) is 2.00. The zero-order valence-electron chi connectivity index (χ0n) is 6.99. The van der Waals surface area contributed by atoms with Gasteiger partial charge in [0.1, 0.15) is 0 Å². The van der Waals surface area contributed by atoms with Crippen molar-refractivity contribution in [3.05, 3.63) is 29.8 Å². The Morgan fingerprint density at radius 3 is 2.42 bits per heavy atom. The van der Waals surface area contributed by atoms with Crippen LogP contribution < -0.4 is 5.73 Å². The summed E-state index contributed by atoms with van der Waals surface area (Å²) in [6.45, 7) is 1.84. The fourth-order valence-corrected chi connectivity index (χ4v) is 1.39. The second-order valence-electron chi connectivity index (χ2n) is 3.35. The minimum Gasteiger partial charge on any atom is -0.399 e. The summed E-state index contributed by atoms with van der Waals surface area (Å²) < 4.78 is 5.11. The number of hydrogen-bond acceptors (Lipinski definition) is 2. The van der Waals surface area contributed by atoms with Gasteiger partial charge in [-0.05, 0) is 24.1 Å². The van der Waals surface area contributed by atoms with E-state index in [9.17, 15) is 0 Å². The smallest absolute Gasteiger partial charge is 0.0519 e. The normalized spacial score (nSPS) is 17.3. The molecule has 1 aromatic rings. The monoisotopic (exact) mass is 163 g/mol. The second-order valence-corrected chi connectivity index (χ2v) is 3.35. The zero-order chi connectivity index (χ0) is 8.39. The number of nitrogen functional groups attached to an aromatic ring is 1. The van der Waals surface area contributed by atoms with E-state index in [4.69, 9.17) is 10.5 Å². The quantitative estimate of drug-likeness (QED) is 0.670. The lowest BCUT2D eigenvalue weighted by molar-refractivity contribution is -0.0312. The molecule has 0 aliphatic carbocycles. The number of nitrogens with two attached hydrogens (primary N) is 1. The predicted octanol–water partition coefficient (Wildman–Crippen LogP) is 1.46. The first-order valence-electron chi connectivity index (χ1n) is 4.27. The molecule has 0 bridgehead atoms. The molecule has 2 N–H and O–H groups in total. The number of ether oxygens (including phenoxy) is 1.